The summed E-state index contributed by atoms with van der Waals surface area (Å²) in [5.74, 6) is 4.00. The Bertz CT molecular complexity index is 332. The molecule has 0 amide bonds. The minimum absolute atomic E-state index is 1.16. The third-order valence-electron chi connectivity index (χ3n) is 2.55. The first-order valence-electron chi connectivity index (χ1n) is 5.95. The molecule has 0 aliphatic heterocycles. The quantitative estimate of drug-likeness (QED) is 0.706. The van der Waals surface area contributed by atoms with Crippen LogP contribution in [0.4, 0.5) is 0 Å². The molecule has 2 aromatic rings. The number of aryl methyl sites for hydroxylation is 2. The molecule has 0 bridgehead atoms. The van der Waals surface area contributed by atoms with Crippen LogP contribution in [0.2, 0.25) is 0 Å². The molecular formula is C15H19B. The molecule has 0 nitrogen and oxygen atoms in total. The molecule has 1 aromatic heterocycles. The monoisotopic (exact) mass is 210 g/mol. The normalized spacial score (nSPS) is 8.88. The predicted molar refractivity (Wildman–Crippen MR) is 73.0 cm³/mol. The van der Waals surface area contributed by atoms with Gasteiger partial charge in [0.2, 0.25) is 0 Å². The standard InChI is InChI=1S/C10H14.C5H5B/c1-3-9-7-5-6-8-10(9)4-2;1-2-4-6-5-3-1/h5-8H,3-4H2,1-2H3;1-5H. The van der Waals surface area contributed by atoms with Gasteiger partial charge in [-0.25, -0.2) is 0 Å². The zero-order valence-electron chi connectivity index (χ0n) is 10.2. The molecule has 0 radical (unpaired) electrons. The Hall–Kier alpha value is -1.37. The van der Waals surface area contributed by atoms with Crippen molar-refractivity contribution < 1.29 is 0 Å². The van der Waals surface area contributed by atoms with Crippen LogP contribution >= 0.6 is 0 Å². The van der Waals surface area contributed by atoms with E-state index in [2.05, 4.69) is 38.1 Å². The van der Waals surface area contributed by atoms with Crippen LogP contribution in [-0.4, -0.2) is 6.91 Å². The van der Waals surface area contributed by atoms with Gasteiger partial charge in [-0.15, -0.1) is 0 Å². The van der Waals surface area contributed by atoms with Crippen LogP contribution in [0.15, 0.2) is 54.4 Å². The van der Waals surface area contributed by atoms with Crippen molar-refractivity contribution in [3.05, 3.63) is 65.5 Å². The van der Waals surface area contributed by atoms with Crippen LogP contribution < -0.4 is 0 Å². The van der Waals surface area contributed by atoms with E-state index in [1.807, 2.05) is 37.0 Å². The molecule has 0 fully saturated rings. The Morgan fingerprint density at radius 1 is 0.750 bits per heavy atom. The van der Waals surface area contributed by atoms with Crippen molar-refractivity contribution in [1.82, 2.24) is 0 Å². The summed E-state index contributed by atoms with van der Waals surface area (Å²) in [5.41, 5.74) is 2.98. The van der Waals surface area contributed by atoms with Crippen molar-refractivity contribution in [1.29, 1.82) is 0 Å². The van der Waals surface area contributed by atoms with Crippen molar-refractivity contribution in [2.45, 2.75) is 26.7 Å². The van der Waals surface area contributed by atoms with E-state index in [9.17, 15) is 0 Å². The average Bonchev–Trinajstić information content (AvgIpc) is 2.41. The van der Waals surface area contributed by atoms with Crippen LogP contribution in [-0.2, 0) is 12.8 Å². The molecule has 0 unspecified atom stereocenters. The fraction of sp³-hybridized carbons (Fsp3) is 0.267. The van der Waals surface area contributed by atoms with Crippen LogP contribution in [0.3, 0.4) is 0 Å². The molecule has 0 spiro atoms. The fourth-order valence-corrected chi connectivity index (χ4v) is 1.63. The Labute approximate surface area is 99.6 Å². The summed E-state index contributed by atoms with van der Waals surface area (Å²) in [6, 6.07) is 14.6. The van der Waals surface area contributed by atoms with E-state index in [0.717, 1.165) is 12.8 Å². The number of hydrogen-bond donors (Lipinski definition) is 0. The zero-order chi connectivity index (χ0) is 11.6. The summed E-state index contributed by atoms with van der Waals surface area (Å²) in [6.45, 7) is 6.41. The molecule has 0 saturated carbocycles. The van der Waals surface area contributed by atoms with E-state index in [1.165, 1.54) is 11.1 Å². The van der Waals surface area contributed by atoms with E-state index in [-0.39, 0.29) is 0 Å². The second-order valence-electron chi connectivity index (χ2n) is 3.63. The molecule has 82 valence electrons. The van der Waals surface area contributed by atoms with Crippen molar-refractivity contribution in [2.75, 3.05) is 0 Å². The second-order valence-corrected chi connectivity index (χ2v) is 3.63. The van der Waals surface area contributed by atoms with E-state index in [0.29, 0.717) is 0 Å². The first-order valence-corrected chi connectivity index (χ1v) is 5.95. The molecule has 1 heterocycles. The van der Waals surface area contributed by atoms with Crippen LogP contribution in [0.25, 0.3) is 0 Å². The molecule has 2 rings (SSSR count). The summed E-state index contributed by atoms with van der Waals surface area (Å²) in [6.07, 6.45) is 2.31. The van der Waals surface area contributed by atoms with Gasteiger partial charge < -0.3 is 0 Å². The second kappa shape index (κ2) is 7.87. The Kier molecular flexibility index (Phi) is 6.25. The fourth-order valence-electron chi connectivity index (χ4n) is 1.63. The maximum absolute atomic E-state index is 2.21. The summed E-state index contributed by atoms with van der Waals surface area (Å²) in [5, 5.41) is 0. The van der Waals surface area contributed by atoms with Gasteiger partial charge in [-0.1, -0.05) is 38.1 Å². The minimum atomic E-state index is 1.16. The molecular weight excluding hydrogens is 191 g/mol. The summed E-state index contributed by atoms with van der Waals surface area (Å²) >= 11 is 0. The summed E-state index contributed by atoms with van der Waals surface area (Å²) in [7, 11) is 0. The number of rotatable bonds is 2. The van der Waals surface area contributed by atoms with Crippen LogP contribution in [0, 0.1) is 0 Å². The molecule has 0 saturated heterocycles. The van der Waals surface area contributed by atoms with Crippen LogP contribution in [0.1, 0.15) is 25.0 Å². The van der Waals surface area contributed by atoms with Gasteiger partial charge in [0, 0.05) is 0 Å². The topological polar surface area (TPSA) is 0 Å². The van der Waals surface area contributed by atoms with Gasteiger partial charge in [-0.2, -0.15) is 0 Å². The van der Waals surface area contributed by atoms with E-state index >= 15 is 0 Å². The van der Waals surface area contributed by atoms with E-state index < -0.39 is 0 Å². The summed E-state index contributed by atoms with van der Waals surface area (Å²) < 4.78 is 0. The van der Waals surface area contributed by atoms with Crippen molar-refractivity contribution in [3.8, 4) is 0 Å². The van der Waals surface area contributed by atoms with Gasteiger partial charge >= 0.3 is 37.0 Å². The molecule has 1 heteroatoms. The van der Waals surface area contributed by atoms with E-state index in [4.69, 9.17) is 0 Å². The van der Waals surface area contributed by atoms with Gasteiger partial charge in [-0.3, -0.25) is 0 Å². The van der Waals surface area contributed by atoms with E-state index in [1.54, 1.807) is 0 Å². The van der Waals surface area contributed by atoms with Gasteiger partial charge in [0.15, 0.2) is 0 Å². The average molecular weight is 210 g/mol. The zero-order valence-corrected chi connectivity index (χ0v) is 10.2. The molecule has 0 N–H and O–H groups in total. The number of benzene rings is 1. The Morgan fingerprint density at radius 2 is 1.25 bits per heavy atom. The molecule has 0 aliphatic rings. The third kappa shape index (κ3) is 4.44. The maximum atomic E-state index is 2.21. The molecule has 0 atom stereocenters. The van der Waals surface area contributed by atoms with Crippen LogP contribution in [0.5, 0.6) is 0 Å². The Balaban J connectivity index is 0.000000181. The summed E-state index contributed by atoms with van der Waals surface area (Å²) in [4.78, 5) is 0. The molecule has 1 aromatic carbocycles. The van der Waals surface area contributed by atoms with Gasteiger partial charge in [0.05, 0.1) is 0 Å². The predicted octanol–water partition coefficient (Wildman–Crippen LogP) is 3.84. The first kappa shape index (κ1) is 12.7. The number of hydrogen-bond acceptors (Lipinski definition) is 0. The van der Waals surface area contributed by atoms with Gasteiger partial charge in [0.25, 0.3) is 0 Å². The molecule has 0 aliphatic carbocycles. The van der Waals surface area contributed by atoms with Gasteiger partial charge in [-0.05, 0) is 24.0 Å². The molecule has 16 heavy (non-hydrogen) atoms. The van der Waals surface area contributed by atoms with Crippen molar-refractivity contribution >= 4 is 6.91 Å². The SMILES string of the molecule is CCc1ccccc1CC.b1ccccc1. The van der Waals surface area contributed by atoms with Gasteiger partial charge in [0.1, 0.15) is 0 Å². The Morgan fingerprint density at radius 3 is 1.50 bits per heavy atom. The van der Waals surface area contributed by atoms with Crippen molar-refractivity contribution in [3.63, 3.8) is 0 Å². The first-order chi connectivity index (χ1) is 7.88. The third-order valence-corrected chi connectivity index (χ3v) is 2.55. The van der Waals surface area contributed by atoms with Crippen molar-refractivity contribution in [2.24, 2.45) is 0 Å².